The SMILES string of the molecule is CCCCCCCCCc1ccc(-c2ncc(OCC(F)CC(F)CCCC)cn2)cc1. The van der Waals surface area contributed by atoms with Crippen LogP contribution in [0.1, 0.15) is 90.0 Å². The maximum atomic E-state index is 13.9. The van der Waals surface area contributed by atoms with Crippen LogP contribution in [0.5, 0.6) is 5.75 Å². The molecule has 178 valence electrons. The second kappa shape index (κ2) is 15.7. The van der Waals surface area contributed by atoms with Crippen molar-refractivity contribution in [1.82, 2.24) is 9.97 Å². The van der Waals surface area contributed by atoms with Crippen LogP contribution in [0.15, 0.2) is 36.7 Å². The Morgan fingerprint density at radius 2 is 1.41 bits per heavy atom. The Hall–Kier alpha value is -2.04. The van der Waals surface area contributed by atoms with E-state index in [0.29, 0.717) is 18.0 Å². The molecule has 2 atom stereocenters. The minimum atomic E-state index is -1.33. The van der Waals surface area contributed by atoms with Crippen LogP contribution in [0.25, 0.3) is 11.4 Å². The van der Waals surface area contributed by atoms with Crippen LogP contribution >= 0.6 is 0 Å². The van der Waals surface area contributed by atoms with Gasteiger partial charge in [0.2, 0.25) is 0 Å². The number of nitrogens with zero attached hydrogens (tertiary/aromatic N) is 2. The summed E-state index contributed by atoms with van der Waals surface area (Å²) >= 11 is 0. The third-order valence-electron chi connectivity index (χ3n) is 5.72. The summed E-state index contributed by atoms with van der Waals surface area (Å²) in [6, 6.07) is 8.36. The van der Waals surface area contributed by atoms with Gasteiger partial charge in [0, 0.05) is 12.0 Å². The van der Waals surface area contributed by atoms with E-state index in [1.54, 1.807) is 12.4 Å². The van der Waals surface area contributed by atoms with Crippen LogP contribution in [0.4, 0.5) is 8.78 Å². The third-order valence-corrected chi connectivity index (χ3v) is 5.72. The van der Waals surface area contributed by atoms with Crippen LogP contribution in [0.2, 0.25) is 0 Å². The molecule has 0 spiro atoms. The van der Waals surface area contributed by atoms with Gasteiger partial charge in [0.15, 0.2) is 11.6 Å². The minimum absolute atomic E-state index is 0.121. The molecule has 0 bridgehead atoms. The number of hydrogen-bond donors (Lipinski definition) is 0. The summed E-state index contributed by atoms with van der Waals surface area (Å²) in [4.78, 5) is 8.67. The van der Waals surface area contributed by atoms with E-state index in [1.165, 1.54) is 50.5 Å². The van der Waals surface area contributed by atoms with Crippen LogP contribution < -0.4 is 4.74 Å². The molecule has 2 rings (SSSR count). The molecule has 5 heteroatoms. The van der Waals surface area contributed by atoms with Gasteiger partial charge in [-0.15, -0.1) is 0 Å². The number of halogens is 2. The largest absolute Gasteiger partial charge is 0.487 e. The summed E-state index contributed by atoms with van der Waals surface area (Å²) in [5.41, 5.74) is 2.28. The minimum Gasteiger partial charge on any atom is -0.487 e. The van der Waals surface area contributed by atoms with Crippen molar-refractivity contribution in [3.05, 3.63) is 42.2 Å². The van der Waals surface area contributed by atoms with Crippen LogP contribution in [0, 0.1) is 0 Å². The summed E-state index contributed by atoms with van der Waals surface area (Å²) in [6.45, 7) is 4.07. The quantitative estimate of drug-likeness (QED) is 0.230. The topological polar surface area (TPSA) is 35.0 Å². The fraction of sp³-hybridized carbons (Fsp3) is 0.630. The van der Waals surface area contributed by atoms with E-state index in [9.17, 15) is 8.78 Å². The van der Waals surface area contributed by atoms with Crippen molar-refractivity contribution < 1.29 is 13.5 Å². The summed E-state index contributed by atoms with van der Waals surface area (Å²) < 4.78 is 33.0. The normalized spacial score (nSPS) is 13.1. The molecule has 1 heterocycles. The molecule has 1 aromatic carbocycles. The molecule has 0 aliphatic rings. The summed E-state index contributed by atoms with van der Waals surface area (Å²) in [7, 11) is 0. The molecule has 0 aliphatic carbocycles. The lowest BCUT2D eigenvalue weighted by molar-refractivity contribution is 0.146. The molecule has 2 aromatic rings. The molecule has 2 unspecified atom stereocenters. The first-order valence-corrected chi connectivity index (χ1v) is 12.4. The maximum absolute atomic E-state index is 13.9. The fourth-order valence-electron chi connectivity index (χ4n) is 3.72. The first kappa shape index (κ1) is 26.2. The lowest BCUT2D eigenvalue weighted by Crippen LogP contribution is -2.18. The zero-order chi connectivity index (χ0) is 23.0. The zero-order valence-electron chi connectivity index (χ0n) is 19.9. The first-order chi connectivity index (χ1) is 15.6. The van der Waals surface area contributed by atoms with Crippen molar-refractivity contribution in [2.45, 2.75) is 103 Å². The highest BCUT2D eigenvalue weighted by molar-refractivity contribution is 5.55. The molecule has 0 saturated carbocycles. The van der Waals surface area contributed by atoms with E-state index < -0.39 is 12.3 Å². The Bertz CT molecular complexity index is 721. The lowest BCUT2D eigenvalue weighted by Gasteiger charge is -2.13. The van der Waals surface area contributed by atoms with Gasteiger partial charge >= 0.3 is 0 Å². The summed E-state index contributed by atoms with van der Waals surface area (Å²) in [5.74, 6) is 1.01. The molecule has 0 amide bonds. The second-order valence-electron chi connectivity index (χ2n) is 8.69. The predicted octanol–water partition coefficient (Wildman–Crippen LogP) is 8.07. The van der Waals surface area contributed by atoms with Gasteiger partial charge in [-0.2, -0.15) is 0 Å². The van der Waals surface area contributed by atoms with E-state index in [4.69, 9.17) is 4.74 Å². The fourth-order valence-corrected chi connectivity index (χ4v) is 3.72. The molecule has 0 radical (unpaired) electrons. The molecule has 0 saturated heterocycles. The Kier molecular flexibility index (Phi) is 12.9. The Morgan fingerprint density at radius 3 is 2.06 bits per heavy atom. The number of rotatable bonds is 17. The van der Waals surface area contributed by atoms with Crippen molar-refractivity contribution in [1.29, 1.82) is 0 Å². The number of aromatic nitrogens is 2. The first-order valence-electron chi connectivity index (χ1n) is 12.4. The van der Waals surface area contributed by atoms with E-state index in [1.807, 2.05) is 19.1 Å². The molecule has 0 aliphatic heterocycles. The number of unbranched alkanes of at least 4 members (excludes halogenated alkanes) is 7. The number of ether oxygens (including phenoxy) is 1. The molecule has 1 aromatic heterocycles. The number of benzene rings is 1. The van der Waals surface area contributed by atoms with Gasteiger partial charge in [-0.3, -0.25) is 0 Å². The van der Waals surface area contributed by atoms with E-state index >= 15 is 0 Å². The Labute approximate surface area is 193 Å². The standard InChI is InChI=1S/C27H40F2N2O/c1-3-5-7-8-9-10-11-12-22-14-16-23(17-15-22)27-30-19-26(20-31-27)32-21-25(29)18-24(28)13-6-4-2/h14-17,19-20,24-25H,3-13,18,21H2,1-2H3. The Morgan fingerprint density at radius 1 is 0.781 bits per heavy atom. The van der Waals surface area contributed by atoms with Gasteiger partial charge in [0.25, 0.3) is 0 Å². The van der Waals surface area contributed by atoms with Gasteiger partial charge in [0.05, 0.1) is 12.4 Å². The Balaban J connectivity index is 1.71. The number of hydrogen-bond acceptors (Lipinski definition) is 3. The third kappa shape index (κ3) is 10.5. The lowest BCUT2D eigenvalue weighted by atomic mass is 10.0. The summed E-state index contributed by atoms with van der Waals surface area (Å²) in [6.07, 6.45) is 13.0. The van der Waals surface area contributed by atoms with E-state index in [2.05, 4.69) is 29.0 Å². The average molecular weight is 447 g/mol. The highest BCUT2D eigenvalue weighted by Gasteiger charge is 2.16. The second-order valence-corrected chi connectivity index (χ2v) is 8.69. The highest BCUT2D eigenvalue weighted by atomic mass is 19.1. The predicted molar refractivity (Wildman–Crippen MR) is 129 cm³/mol. The van der Waals surface area contributed by atoms with Crippen molar-refractivity contribution in [3.63, 3.8) is 0 Å². The molecule has 0 N–H and O–H groups in total. The molecule has 32 heavy (non-hydrogen) atoms. The van der Waals surface area contributed by atoms with Crippen LogP contribution in [0.3, 0.4) is 0 Å². The molecular weight excluding hydrogens is 406 g/mol. The van der Waals surface area contributed by atoms with Crippen molar-refractivity contribution in [2.24, 2.45) is 0 Å². The smallest absolute Gasteiger partial charge is 0.159 e. The average Bonchev–Trinajstić information content (AvgIpc) is 2.81. The van der Waals surface area contributed by atoms with Crippen molar-refractivity contribution in [2.75, 3.05) is 6.61 Å². The van der Waals surface area contributed by atoms with Crippen molar-refractivity contribution >= 4 is 0 Å². The van der Waals surface area contributed by atoms with Gasteiger partial charge in [-0.05, 0) is 24.8 Å². The van der Waals surface area contributed by atoms with Gasteiger partial charge in [-0.25, -0.2) is 18.7 Å². The molecular formula is C27H40F2N2O. The highest BCUT2D eigenvalue weighted by Crippen LogP contribution is 2.20. The molecule has 0 fully saturated rings. The maximum Gasteiger partial charge on any atom is 0.159 e. The summed E-state index contributed by atoms with van der Waals surface area (Å²) in [5, 5.41) is 0. The van der Waals surface area contributed by atoms with Crippen LogP contribution in [-0.2, 0) is 6.42 Å². The number of alkyl halides is 2. The monoisotopic (exact) mass is 446 g/mol. The molecule has 3 nitrogen and oxygen atoms in total. The van der Waals surface area contributed by atoms with Gasteiger partial charge in [-0.1, -0.05) is 89.5 Å². The zero-order valence-corrected chi connectivity index (χ0v) is 19.9. The number of aryl methyl sites for hydroxylation is 1. The van der Waals surface area contributed by atoms with Crippen LogP contribution in [-0.4, -0.2) is 28.9 Å². The van der Waals surface area contributed by atoms with Crippen molar-refractivity contribution in [3.8, 4) is 17.1 Å². The van der Waals surface area contributed by atoms with Gasteiger partial charge < -0.3 is 4.74 Å². The van der Waals surface area contributed by atoms with E-state index in [0.717, 1.165) is 24.8 Å². The van der Waals surface area contributed by atoms with Gasteiger partial charge in [0.1, 0.15) is 19.0 Å². The van der Waals surface area contributed by atoms with E-state index in [-0.39, 0.29) is 13.0 Å².